The van der Waals surface area contributed by atoms with Crippen LogP contribution < -0.4 is 10.5 Å². The largest absolute Gasteiger partial charge is 0.389 e. The van der Waals surface area contributed by atoms with Gasteiger partial charge in [-0.3, -0.25) is 0 Å². The zero-order valence-corrected chi connectivity index (χ0v) is 14.5. The van der Waals surface area contributed by atoms with Gasteiger partial charge in [0.15, 0.2) is 0 Å². The summed E-state index contributed by atoms with van der Waals surface area (Å²) in [6.45, 7) is -0.151. The summed E-state index contributed by atoms with van der Waals surface area (Å²) in [5.41, 5.74) is 6.02. The molecule has 1 aromatic carbocycles. The average molecular weight is 409 g/mol. The van der Waals surface area contributed by atoms with E-state index in [-0.39, 0.29) is 21.3 Å². The van der Waals surface area contributed by atoms with Crippen molar-refractivity contribution >= 4 is 54.5 Å². The molecule has 0 spiro atoms. The Hall–Kier alpha value is -0.870. The first kappa shape index (κ1) is 16.5. The summed E-state index contributed by atoms with van der Waals surface area (Å²) < 4.78 is 41.1. The normalized spacial score (nSPS) is 11.5. The molecule has 0 fully saturated rings. The van der Waals surface area contributed by atoms with Crippen molar-refractivity contribution in [2.24, 2.45) is 5.73 Å². The summed E-state index contributed by atoms with van der Waals surface area (Å²) in [6.07, 6.45) is 0. The fourth-order valence-corrected chi connectivity index (χ4v) is 4.72. The molecule has 1 aromatic heterocycles. The van der Waals surface area contributed by atoms with Crippen LogP contribution in [-0.2, 0) is 16.6 Å². The Balaban J connectivity index is 2.15. The van der Waals surface area contributed by atoms with E-state index in [0.29, 0.717) is 9.35 Å². The van der Waals surface area contributed by atoms with E-state index in [2.05, 4.69) is 20.7 Å². The standard InChI is InChI=1S/C12H10BrFN2O2S3/c13-10-3-4-11(20-10)21(17,18)16-6-8-2-1-7(12(15)19)5-9(8)14/h1-5,16H,6H2,(H2,15,19). The molecule has 4 nitrogen and oxygen atoms in total. The van der Waals surface area contributed by atoms with Crippen molar-refractivity contribution in [3.05, 3.63) is 51.1 Å². The van der Waals surface area contributed by atoms with Crippen molar-refractivity contribution < 1.29 is 12.8 Å². The monoisotopic (exact) mass is 408 g/mol. The van der Waals surface area contributed by atoms with E-state index in [4.69, 9.17) is 18.0 Å². The number of rotatable bonds is 5. The maximum Gasteiger partial charge on any atom is 0.250 e. The molecule has 3 N–H and O–H groups in total. The molecular formula is C12H10BrFN2O2S3. The van der Waals surface area contributed by atoms with Gasteiger partial charge in [0.05, 0.1) is 3.79 Å². The predicted molar refractivity (Wildman–Crippen MR) is 88.3 cm³/mol. The van der Waals surface area contributed by atoms with Gasteiger partial charge in [0.1, 0.15) is 15.0 Å². The Bertz CT molecular complexity index is 790. The number of benzene rings is 1. The predicted octanol–water partition coefficient (Wildman–Crippen LogP) is 2.76. The summed E-state index contributed by atoms with van der Waals surface area (Å²) in [5.74, 6) is -0.560. The highest BCUT2D eigenvalue weighted by Gasteiger charge is 2.17. The van der Waals surface area contributed by atoms with Crippen molar-refractivity contribution in [1.29, 1.82) is 0 Å². The number of halogens is 2. The van der Waals surface area contributed by atoms with Crippen molar-refractivity contribution in [3.63, 3.8) is 0 Å². The van der Waals surface area contributed by atoms with Crippen LogP contribution in [0, 0.1) is 5.82 Å². The third-order valence-electron chi connectivity index (χ3n) is 2.60. The second kappa shape index (κ2) is 6.49. The first-order valence-corrected chi connectivity index (χ1v) is 9.13. The number of nitrogens with two attached hydrogens (primary N) is 1. The van der Waals surface area contributed by atoms with E-state index >= 15 is 0 Å². The van der Waals surface area contributed by atoms with Crippen LogP contribution in [0.5, 0.6) is 0 Å². The number of thiocarbonyl (C=S) groups is 1. The molecule has 0 aliphatic rings. The van der Waals surface area contributed by atoms with Crippen LogP contribution in [-0.4, -0.2) is 13.4 Å². The molecule has 0 saturated carbocycles. The van der Waals surface area contributed by atoms with Gasteiger partial charge < -0.3 is 5.73 Å². The van der Waals surface area contributed by atoms with Crippen molar-refractivity contribution in [3.8, 4) is 0 Å². The Kier molecular flexibility index (Phi) is 5.10. The molecular weight excluding hydrogens is 399 g/mol. The highest BCUT2D eigenvalue weighted by molar-refractivity contribution is 9.11. The van der Waals surface area contributed by atoms with E-state index < -0.39 is 15.8 Å². The molecule has 0 bridgehead atoms. The van der Waals surface area contributed by atoms with Gasteiger partial charge in [-0.1, -0.05) is 24.4 Å². The molecule has 0 unspecified atom stereocenters. The number of hydrogen-bond acceptors (Lipinski definition) is 4. The number of nitrogens with one attached hydrogen (secondary N) is 1. The lowest BCUT2D eigenvalue weighted by molar-refractivity contribution is 0.576. The number of thiophene rings is 1. The van der Waals surface area contributed by atoms with E-state index in [1.54, 1.807) is 12.1 Å². The Morgan fingerprint density at radius 1 is 1.38 bits per heavy atom. The van der Waals surface area contributed by atoms with Crippen LogP contribution in [0.4, 0.5) is 4.39 Å². The molecule has 0 radical (unpaired) electrons. The second-order valence-electron chi connectivity index (χ2n) is 4.05. The molecule has 112 valence electrons. The number of sulfonamides is 1. The molecule has 2 aromatic rings. The van der Waals surface area contributed by atoms with Crippen LogP contribution >= 0.6 is 39.5 Å². The minimum absolute atomic E-state index is 0.0875. The molecule has 9 heteroatoms. The Morgan fingerprint density at radius 2 is 2.10 bits per heavy atom. The van der Waals surface area contributed by atoms with Gasteiger partial charge in [-0.25, -0.2) is 17.5 Å². The lowest BCUT2D eigenvalue weighted by Crippen LogP contribution is -2.23. The molecule has 21 heavy (non-hydrogen) atoms. The fraction of sp³-hybridized carbons (Fsp3) is 0.0833. The topological polar surface area (TPSA) is 72.2 Å². The van der Waals surface area contributed by atoms with E-state index in [0.717, 1.165) is 11.3 Å². The van der Waals surface area contributed by atoms with Crippen LogP contribution in [0.1, 0.15) is 11.1 Å². The molecule has 2 rings (SSSR count). The fourth-order valence-electron chi connectivity index (χ4n) is 1.53. The molecule has 1 heterocycles. The highest BCUT2D eigenvalue weighted by atomic mass is 79.9. The van der Waals surface area contributed by atoms with Crippen LogP contribution in [0.2, 0.25) is 0 Å². The minimum Gasteiger partial charge on any atom is -0.389 e. The molecule has 0 amide bonds. The zero-order valence-electron chi connectivity index (χ0n) is 10.5. The van der Waals surface area contributed by atoms with Gasteiger partial charge in [-0.15, -0.1) is 11.3 Å². The molecule has 0 aliphatic heterocycles. The van der Waals surface area contributed by atoms with Crippen LogP contribution in [0.3, 0.4) is 0 Å². The van der Waals surface area contributed by atoms with Crippen molar-refractivity contribution in [1.82, 2.24) is 4.72 Å². The lowest BCUT2D eigenvalue weighted by atomic mass is 10.1. The highest BCUT2D eigenvalue weighted by Crippen LogP contribution is 2.26. The van der Waals surface area contributed by atoms with E-state index in [1.807, 2.05) is 0 Å². The first-order chi connectivity index (χ1) is 9.79. The van der Waals surface area contributed by atoms with E-state index in [9.17, 15) is 12.8 Å². The lowest BCUT2D eigenvalue weighted by Gasteiger charge is -2.07. The second-order valence-corrected chi connectivity index (χ2v) is 8.95. The maximum absolute atomic E-state index is 13.8. The average Bonchev–Trinajstić information content (AvgIpc) is 2.84. The van der Waals surface area contributed by atoms with Gasteiger partial charge in [0, 0.05) is 17.7 Å². The van der Waals surface area contributed by atoms with Gasteiger partial charge in [-0.2, -0.15) is 0 Å². The maximum atomic E-state index is 13.8. The van der Waals surface area contributed by atoms with Gasteiger partial charge in [0.2, 0.25) is 10.0 Å². The van der Waals surface area contributed by atoms with Crippen molar-refractivity contribution in [2.45, 2.75) is 10.8 Å². The van der Waals surface area contributed by atoms with Gasteiger partial charge in [-0.05, 0) is 34.1 Å². The molecule has 0 aliphatic carbocycles. The summed E-state index contributed by atoms with van der Waals surface area (Å²) in [4.78, 5) is 0.0875. The third kappa shape index (κ3) is 4.07. The van der Waals surface area contributed by atoms with Crippen LogP contribution in [0.15, 0.2) is 38.3 Å². The van der Waals surface area contributed by atoms with E-state index in [1.165, 1.54) is 18.2 Å². The van der Waals surface area contributed by atoms with Crippen LogP contribution in [0.25, 0.3) is 0 Å². The number of hydrogen-bond donors (Lipinski definition) is 2. The summed E-state index contributed by atoms with van der Waals surface area (Å²) in [6, 6.07) is 7.31. The molecule has 0 atom stereocenters. The quantitative estimate of drug-likeness (QED) is 0.745. The summed E-state index contributed by atoms with van der Waals surface area (Å²) in [7, 11) is -3.66. The smallest absolute Gasteiger partial charge is 0.250 e. The minimum atomic E-state index is -3.66. The Morgan fingerprint density at radius 3 is 2.62 bits per heavy atom. The zero-order chi connectivity index (χ0) is 15.6. The summed E-state index contributed by atoms with van der Waals surface area (Å²) in [5, 5.41) is 0. The van der Waals surface area contributed by atoms with Crippen molar-refractivity contribution in [2.75, 3.05) is 0 Å². The SMILES string of the molecule is NC(=S)c1ccc(CNS(=O)(=O)c2ccc(Br)s2)c(F)c1. The summed E-state index contributed by atoms with van der Waals surface area (Å²) >= 11 is 9.03. The third-order valence-corrected chi connectivity index (χ3v) is 6.36. The van der Waals surface area contributed by atoms with Gasteiger partial charge in [0.25, 0.3) is 0 Å². The van der Waals surface area contributed by atoms with Gasteiger partial charge >= 0.3 is 0 Å². The molecule has 0 saturated heterocycles. The Labute approximate surface area is 139 Å². The first-order valence-electron chi connectivity index (χ1n) is 5.63.